The fourth-order valence-electron chi connectivity index (χ4n) is 2.63. The Bertz CT molecular complexity index is 1090. The van der Waals surface area contributed by atoms with Crippen molar-refractivity contribution in [3.05, 3.63) is 52.6 Å². The average Bonchev–Trinajstić information content (AvgIpc) is 2.96. The number of fused-ring (bicyclic) bond motifs is 1. The topological polar surface area (TPSA) is 59.0 Å². The van der Waals surface area contributed by atoms with E-state index in [0.29, 0.717) is 17.5 Å². The number of carbonyl (C=O) groups is 1. The van der Waals surface area contributed by atoms with Crippen molar-refractivity contribution in [2.75, 3.05) is 11.9 Å². The number of aryl methyl sites for hydroxylation is 1. The van der Waals surface area contributed by atoms with Crippen LogP contribution in [-0.4, -0.2) is 22.0 Å². The Labute approximate surface area is 165 Å². The average molecular weight is 403 g/mol. The van der Waals surface area contributed by atoms with Gasteiger partial charge < -0.3 is 15.2 Å². The molecule has 28 heavy (non-hydrogen) atoms. The van der Waals surface area contributed by atoms with E-state index < -0.39 is 17.5 Å². The monoisotopic (exact) mass is 402 g/mol. The zero-order valence-electron chi connectivity index (χ0n) is 15.2. The summed E-state index contributed by atoms with van der Waals surface area (Å²) in [7, 11) is 1.64. The van der Waals surface area contributed by atoms with Crippen LogP contribution in [0.4, 0.5) is 20.4 Å². The van der Waals surface area contributed by atoms with E-state index in [1.54, 1.807) is 17.7 Å². The van der Waals surface area contributed by atoms with Crippen LogP contribution in [0.1, 0.15) is 23.7 Å². The number of anilines is 2. The Balaban J connectivity index is 1.94. The van der Waals surface area contributed by atoms with Crippen LogP contribution in [0.5, 0.6) is 0 Å². The summed E-state index contributed by atoms with van der Waals surface area (Å²) in [6.07, 6.45) is 0.673. The highest BCUT2D eigenvalue weighted by Gasteiger charge is 2.18. The van der Waals surface area contributed by atoms with Crippen LogP contribution >= 0.6 is 11.6 Å². The van der Waals surface area contributed by atoms with Gasteiger partial charge >= 0.3 is 0 Å². The number of aromatic nitrogens is 2. The molecule has 0 unspecified atom stereocenters. The summed E-state index contributed by atoms with van der Waals surface area (Å²) in [5.41, 5.74) is 0.744. The minimum Gasteiger partial charge on any atom is -0.341 e. The van der Waals surface area contributed by atoms with Gasteiger partial charge in [0.1, 0.15) is 11.6 Å². The van der Waals surface area contributed by atoms with E-state index in [9.17, 15) is 13.6 Å². The Kier molecular flexibility index (Phi) is 5.81. The second-order valence-corrected chi connectivity index (χ2v) is 6.33. The predicted octanol–water partition coefficient (Wildman–Crippen LogP) is 4.39. The standard InChI is InChI=1S/C20H17ClF2N4O/c1-3-4-5-9-24-19(28)12-10-16-17(11-15(12)23)27(2)20(25-16)26-18-13(21)7-6-8-14(18)22/h6-8,10-11H,3,9H2,1-2H3,(H,24,28)(H,25,26). The van der Waals surface area contributed by atoms with E-state index in [-0.39, 0.29) is 28.8 Å². The molecule has 0 fully saturated rings. The minimum absolute atomic E-state index is 0.0653. The van der Waals surface area contributed by atoms with Crippen LogP contribution in [0.2, 0.25) is 5.02 Å². The first-order valence-electron chi connectivity index (χ1n) is 8.53. The molecule has 0 aliphatic heterocycles. The van der Waals surface area contributed by atoms with E-state index in [1.165, 1.54) is 24.3 Å². The van der Waals surface area contributed by atoms with Gasteiger partial charge in [-0.1, -0.05) is 30.5 Å². The highest BCUT2D eigenvalue weighted by Crippen LogP contribution is 2.29. The number of imidazole rings is 1. The molecule has 5 nitrogen and oxygen atoms in total. The number of hydrogen-bond donors (Lipinski definition) is 2. The van der Waals surface area contributed by atoms with Crippen molar-refractivity contribution in [1.29, 1.82) is 0 Å². The van der Waals surface area contributed by atoms with Crippen LogP contribution in [0, 0.1) is 23.5 Å². The number of para-hydroxylation sites is 1. The lowest BCUT2D eigenvalue weighted by molar-refractivity contribution is 0.0955. The van der Waals surface area contributed by atoms with E-state index in [0.717, 1.165) is 0 Å². The Morgan fingerprint density at radius 2 is 2.04 bits per heavy atom. The summed E-state index contributed by atoms with van der Waals surface area (Å²) in [5, 5.41) is 5.55. The molecule has 0 aliphatic carbocycles. The van der Waals surface area contributed by atoms with Gasteiger partial charge in [-0.05, 0) is 18.2 Å². The van der Waals surface area contributed by atoms with Crippen molar-refractivity contribution in [2.45, 2.75) is 13.3 Å². The van der Waals surface area contributed by atoms with Crippen molar-refractivity contribution in [1.82, 2.24) is 14.9 Å². The molecule has 0 spiro atoms. The summed E-state index contributed by atoms with van der Waals surface area (Å²) in [6.45, 7) is 2.02. The van der Waals surface area contributed by atoms with Gasteiger partial charge in [0.2, 0.25) is 5.95 Å². The second kappa shape index (κ2) is 8.28. The number of nitrogens with zero attached hydrogens (tertiary/aromatic N) is 2. The van der Waals surface area contributed by atoms with Crippen LogP contribution in [-0.2, 0) is 7.05 Å². The first-order valence-corrected chi connectivity index (χ1v) is 8.91. The number of hydrogen-bond acceptors (Lipinski definition) is 3. The molecule has 1 aromatic heterocycles. The van der Waals surface area contributed by atoms with E-state index in [1.807, 2.05) is 6.92 Å². The fraction of sp³-hybridized carbons (Fsp3) is 0.200. The Hall–Kier alpha value is -3.11. The molecule has 2 aromatic carbocycles. The predicted molar refractivity (Wildman–Crippen MR) is 106 cm³/mol. The van der Waals surface area contributed by atoms with E-state index >= 15 is 0 Å². The molecule has 3 rings (SSSR count). The van der Waals surface area contributed by atoms with E-state index in [4.69, 9.17) is 11.6 Å². The second-order valence-electron chi connectivity index (χ2n) is 5.93. The molecule has 0 bridgehead atoms. The number of halogens is 3. The van der Waals surface area contributed by atoms with Crippen LogP contribution in [0.25, 0.3) is 11.0 Å². The van der Waals surface area contributed by atoms with Crippen molar-refractivity contribution >= 4 is 40.2 Å². The highest BCUT2D eigenvalue weighted by molar-refractivity contribution is 6.33. The molecule has 2 N–H and O–H groups in total. The van der Waals surface area contributed by atoms with Crippen molar-refractivity contribution in [3.63, 3.8) is 0 Å². The molecule has 0 saturated carbocycles. The Morgan fingerprint density at radius 1 is 1.25 bits per heavy atom. The van der Waals surface area contributed by atoms with E-state index in [2.05, 4.69) is 27.5 Å². The highest BCUT2D eigenvalue weighted by atomic mass is 35.5. The summed E-state index contributed by atoms with van der Waals surface area (Å²) < 4.78 is 30.0. The number of benzene rings is 2. The van der Waals surface area contributed by atoms with Crippen LogP contribution in [0.15, 0.2) is 30.3 Å². The van der Waals surface area contributed by atoms with Gasteiger partial charge in [-0.15, -0.1) is 5.92 Å². The summed E-state index contributed by atoms with van der Waals surface area (Å²) >= 11 is 6.03. The Morgan fingerprint density at radius 3 is 2.75 bits per heavy atom. The molecule has 0 aliphatic rings. The van der Waals surface area contributed by atoms with Gasteiger partial charge in [0.05, 0.1) is 33.9 Å². The molecular formula is C20H17ClF2N4O. The van der Waals surface area contributed by atoms with Gasteiger partial charge in [0.15, 0.2) is 0 Å². The maximum absolute atomic E-state index is 14.5. The molecule has 3 aromatic rings. The molecule has 144 valence electrons. The van der Waals surface area contributed by atoms with Crippen molar-refractivity contribution in [3.8, 4) is 11.8 Å². The molecular weight excluding hydrogens is 386 g/mol. The maximum Gasteiger partial charge on any atom is 0.255 e. The largest absolute Gasteiger partial charge is 0.341 e. The molecule has 0 radical (unpaired) electrons. The first kappa shape index (κ1) is 19.6. The number of amides is 1. The van der Waals surface area contributed by atoms with Crippen LogP contribution < -0.4 is 10.6 Å². The van der Waals surface area contributed by atoms with Crippen molar-refractivity contribution < 1.29 is 13.6 Å². The molecule has 0 atom stereocenters. The SMILES string of the molecule is CCC#CCNC(=O)c1cc2nc(Nc3c(F)cccc3Cl)n(C)c2cc1F. The third-order valence-electron chi connectivity index (χ3n) is 4.05. The normalized spacial score (nSPS) is 10.5. The fourth-order valence-corrected chi connectivity index (χ4v) is 2.85. The molecule has 1 amide bonds. The zero-order chi connectivity index (χ0) is 20.3. The third-order valence-corrected chi connectivity index (χ3v) is 4.37. The maximum atomic E-state index is 14.5. The quantitative estimate of drug-likeness (QED) is 0.636. The first-order chi connectivity index (χ1) is 13.4. The zero-order valence-corrected chi connectivity index (χ0v) is 16.0. The lowest BCUT2D eigenvalue weighted by Crippen LogP contribution is -2.24. The molecule has 1 heterocycles. The van der Waals surface area contributed by atoms with Gasteiger partial charge in [0, 0.05) is 19.5 Å². The van der Waals surface area contributed by atoms with Gasteiger partial charge in [-0.2, -0.15) is 0 Å². The van der Waals surface area contributed by atoms with Gasteiger partial charge in [-0.25, -0.2) is 13.8 Å². The lowest BCUT2D eigenvalue weighted by Gasteiger charge is -2.09. The molecule has 8 heteroatoms. The number of nitrogens with one attached hydrogen (secondary N) is 2. The molecule has 0 saturated heterocycles. The van der Waals surface area contributed by atoms with Gasteiger partial charge in [-0.3, -0.25) is 4.79 Å². The minimum atomic E-state index is -0.688. The number of carbonyl (C=O) groups excluding carboxylic acids is 1. The van der Waals surface area contributed by atoms with Gasteiger partial charge in [0.25, 0.3) is 5.91 Å². The van der Waals surface area contributed by atoms with Crippen molar-refractivity contribution in [2.24, 2.45) is 7.05 Å². The summed E-state index contributed by atoms with van der Waals surface area (Å²) in [5.74, 6) is 4.03. The summed E-state index contributed by atoms with van der Waals surface area (Å²) in [6, 6.07) is 6.85. The third kappa shape index (κ3) is 3.92. The van der Waals surface area contributed by atoms with Crippen LogP contribution in [0.3, 0.4) is 0 Å². The summed E-state index contributed by atoms with van der Waals surface area (Å²) in [4.78, 5) is 16.5. The smallest absolute Gasteiger partial charge is 0.255 e. The number of rotatable bonds is 4. The lowest BCUT2D eigenvalue weighted by atomic mass is 10.1.